The molecular weight excluding hydrogens is 769 g/mol. The van der Waals surface area contributed by atoms with E-state index in [9.17, 15) is 10.2 Å². The van der Waals surface area contributed by atoms with Crippen molar-refractivity contribution >= 4 is 0 Å². The quantitative estimate of drug-likeness (QED) is 0.0513. The molecule has 0 saturated carbocycles. The van der Waals surface area contributed by atoms with Gasteiger partial charge in [0.15, 0.2) is 0 Å². The topological polar surface area (TPSA) is 77.4 Å². The molecule has 0 amide bonds. The van der Waals surface area contributed by atoms with Crippen LogP contribution in [0.15, 0.2) is 72.8 Å². The van der Waals surface area contributed by atoms with Crippen molar-refractivity contribution in [3.63, 3.8) is 0 Å². The standard InChI is InChI=1S/C56H94O6/c1-8-10-12-14-16-18-20-22-24-26-28-30-32-36-49-38-34-40-52(42-49)59-45-51(57)46-62-55(4,5)48(3)44-61-56(6,7)54(58)47-60-53-41-35-39-50(43-53)37-33-31-29-27-25-23-21-19-17-15-13-11-9-2/h14-17,34-35,38-43,48,51,54,57-58H,8-13,18-33,36-37,44-47H2,1-7H3. The van der Waals surface area contributed by atoms with Gasteiger partial charge in [-0.15, -0.1) is 0 Å². The van der Waals surface area contributed by atoms with Crippen molar-refractivity contribution < 1.29 is 29.2 Å². The minimum Gasteiger partial charge on any atom is -0.491 e. The molecule has 3 atom stereocenters. The Morgan fingerprint density at radius 2 is 0.887 bits per heavy atom. The van der Waals surface area contributed by atoms with Gasteiger partial charge in [-0.25, -0.2) is 0 Å². The van der Waals surface area contributed by atoms with Gasteiger partial charge in [-0.05, 0) is 127 Å². The zero-order valence-corrected chi connectivity index (χ0v) is 41.0. The lowest BCUT2D eigenvalue weighted by Gasteiger charge is -2.37. The van der Waals surface area contributed by atoms with Gasteiger partial charge >= 0.3 is 0 Å². The molecule has 0 aliphatic heterocycles. The number of rotatable bonds is 40. The van der Waals surface area contributed by atoms with Crippen molar-refractivity contribution in [2.45, 2.75) is 226 Å². The summed E-state index contributed by atoms with van der Waals surface area (Å²) >= 11 is 0. The highest BCUT2D eigenvalue weighted by molar-refractivity contribution is 5.29. The van der Waals surface area contributed by atoms with E-state index >= 15 is 0 Å². The van der Waals surface area contributed by atoms with E-state index in [1.54, 1.807) is 0 Å². The summed E-state index contributed by atoms with van der Waals surface area (Å²) in [6.45, 7) is 15.3. The largest absolute Gasteiger partial charge is 0.491 e. The van der Waals surface area contributed by atoms with Crippen LogP contribution in [0.2, 0.25) is 0 Å². The molecule has 2 aromatic rings. The van der Waals surface area contributed by atoms with Gasteiger partial charge in [0.25, 0.3) is 0 Å². The molecule has 0 aromatic heterocycles. The monoisotopic (exact) mass is 863 g/mol. The first-order valence-corrected chi connectivity index (χ1v) is 25.3. The SMILES string of the molecule is CCCCC=CCCCCCCCCCc1cccc(OCC(O)COC(C)(C)C(C)COC(C)(C)C(O)COc2cccc(CCCCCCCCCC=CCCCC)c2)c1. The third kappa shape index (κ3) is 27.5. The average molecular weight is 863 g/mol. The second-order valence-corrected chi connectivity index (χ2v) is 19.1. The highest BCUT2D eigenvalue weighted by atomic mass is 16.5. The van der Waals surface area contributed by atoms with Gasteiger partial charge in [-0.2, -0.15) is 0 Å². The third-order valence-corrected chi connectivity index (χ3v) is 12.4. The van der Waals surface area contributed by atoms with Crippen molar-refractivity contribution in [2.24, 2.45) is 5.92 Å². The van der Waals surface area contributed by atoms with Gasteiger partial charge in [0.2, 0.25) is 0 Å². The van der Waals surface area contributed by atoms with E-state index in [0.717, 1.165) is 24.3 Å². The molecule has 0 bridgehead atoms. The molecule has 6 heteroatoms. The molecule has 3 unspecified atom stereocenters. The van der Waals surface area contributed by atoms with Crippen LogP contribution in [0.3, 0.4) is 0 Å². The van der Waals surface area contributed by atoms with Crippen LogP contribution in [-0.2, 0) is 22.3 Å². The van der Waals surface area contributed by atoms with Crippen LogP contribution in [-0.4, -0.2) is 60.1 Å². The van der Waals surface area contributed by atoms with Crippen LogP contribution in [0.1, 0.15) is 201 Å². The van der Waals surface area contributed by atoms with Gasteiger partial charge in [-0.3, -0.25) is 0 Å². The number of hydrogen-bond acceptors (Lipinski definition) is 6. The normalized spacial score (nSPS) is 13.9. The Morgan fingerprint density at radius 3 is 1.35 bits per heavy atom. The van der Waals surface area contributed by atoms with E-state index in [4.69, 9.17) is 18.9 Å². The fraction of sp³-hybridized carbons (Fsp3) is 0.714. The Hall–Kier alpha value is -2.64. The summed E-state index contributed by atoms with van der Waals surface area (Å²) in [6, 6.07) is 16.5. The zero-order valence-electron chi connectivity index (χ0n) is 41.0. The number of unbranched alkanes of at least 4 members (excludes halogenated alkanes) is 18. The van der Waals surface area contributed by atoms with Crippen LogP contribution >= 0.6 is 0 Å². The predicted octanol–water partition coefficient (Wildman–Crippen LogP) is 14.9. The Labute approximate surface area is 381 Å². The zero-order chi connectivity index (χ0) is 45.2. The number of hydrogen-bond donors (Lipinski definition) is 2. The van der Waals surface area contributed by atoms with Crippen LogP contribution in [0, 0.1) is 5.92 Å². The summed E-state index contributed by atoms with van der Waals surface area (Å²) in [5.41, 5.74) is 1.18. The number of allylic oxidation sites excluding steroid dienone is 4. The smallest absolute Gasteiger partial charge is 0.119 e. The minimum absolute atomic E-state index is 0.00133. The van der Waals surface area contributed by atoms with E-state index in [2.05, 4.69) is 69.3 Å². The van der Waals surface area contributed by atoms with Crippen LogP contribution < -0.4 is 9.47 Å². The van der Waals surface area contributed by atoms with Crippen molar-refractivity contribution in [1.82, 2.24) is 0 Å². The van der Waals surface area contributed by atoms with Crippen molar-refractivity contribution in [1.29, 1.82) is 0 Å². The highest BCUT2D eigenvalue weighted by Crippen LogP contribution is 2.26. The molecule has 354 valence electrons. The molecule has 6 nitrogen and oxygen atoms in total. The lowest BCUT2D eigenvalue weighted by atomic mass is 9.92. The van der Waals surface area contributed by atoms with Gasteiger partial charge < -0.3 is 29.2 Å². The Balaban J connectivity index is 1.59. The molecule has 0 heterocycles. The molecule has 0 spiro atoms. The van der Waals surface area contributed by atoms with Gasteiger partial charge in [0.05, 0.1) is 24.4 Å². The molecule has 2 N–H and O–H groups in total. The first kappa shape index (κ1) is 55.5. The van der Waals surface area contributed by atoms with E-state index < -0.39 is 23.4 Å². The molecule has 2 aromatic carbocycles. The summed E-state index contributed by atoms with van der Waals surface area (Å²) in [7, 11) is 0. The Bertz CT molecular complexity index is 1410. The first-order valence-electron chi connectivity index (χ1n) is 25.3. The maximum absolute atomic E-state index is 11.1. The maximum atomic E-state index is 11.1. The van der Waals surface area contributed by atoms with Crippen molar-refractivity contribution in [3.05, 3.63) is 84.0 Å². The number of aryl methyl sites for hydroxylation is 2. The van der Waals surface area contributed by atoms with Gasteiger partial charge in [0, 0.05) is 5.92 Å². The highest BCUT2D eigenvalue weighted by Gasteiger charge is 2.34. The van der Waals surface area contributed by atoms with Crippen LogP contribution in [0.4, 0.5) is 0 Å². The van der Waals surface area contributed by atoms with E-state index in [1.807, 2.05) is 52.0 Å². The van der Waals surface area contributed by atoms with Crippen LogP contribution in [0.5, 0.6) is 11.5 Å². The van der Waals surface area contributed by atoms with Gasteiger partial charge in [-0.1, -0.05) is 159 Å². The molecule has 0 fully saturated rings. The predicted molar refractivity (Wildman–Crippen MR) is 264 cm³/mol. The molecule has 0 radical (unpaired) electrons. The fourth-order valence-corrected chi connectivity index (χ4v) is 7.35. The van der Waals surface area contributed by atoms with E-state index in [1.165, 1.54) is 152 Å². The number of ether oxygens (including phenoxy) is 4. The molecule has 0 saturated heterocycles. The average Bonchev–Trinajstić information content (AvgIpc) is 3.26. The lowest BCUT2D eigenvalue weighted by molar-refractivity contribution is -0.152. The molecule has 62 heavy (non-hydrogen) atoms. The van der Waals surface area contributed by atoms with Crippen molar-refractivity contribution in [3.8, 4) is 11.5 Å². The summed E-state index contributed by atoms with van der Waals surface area (Å²) in [6.07, 6.45) is 38.2. The summed E-state index contributed by atoms with van der Waals surface area (Å²) in [5, 5.41) is 21.9. The molecule has 0 aliphatic rings. The lowest BCUT2D eigenvalue weighted by Crippen LogP contribution is -2.46. The number of aliphatic hydroxyl groups excluding tert-OH is 2. The van der Waals surface area contributed by atoms with Crippen LogP contribution in [0.25, 0.3) is 0 Å². The Morgan fingerprint density at radius 1 is 0.484 bits per heavy atom. The molecule has 0 aliphatic carbocycles. The summed E-state index contributed by atoms with van der Waals surface area (Å²) < 4.78 is 24.5. The second-order valence-electron chi connectivity index (χ2n) is 19.1. The summed E-state index contributed by atoms with van der Waals surface area (Å²) in [4.78, 5) is 0. The van der Waals surface area contributed by atoms with Crippen molar-refractivity contribution in [2.75, 3.05) is 26.4 Å². The second kappa shape index (κ2) is 34.7. The summed E-state index contributed by atoms with van der Waals surface area (Å²) in [5.74, 6) is 1.57. The van der Waals surface area contributed by atoms with E-state index in [0.29, 0.717) is 6.61 Å². The maximum Gasteiger partial charge on any atom is 0.119 e. The van der Waals surface area contributed by atoms with E-state index in [-0.39, 0.29) is 25.7 Å². The molecule has 2 rings (SSSR count). The fourth-order valence-electron chi connectivity index (χ4n) is 7.35. The number of benzene rings is 2. The van der Waals surface area contributed by atoms with Gasteiger partial charge in [0.1, 0.15) is 36.9 Å². The molecular formula is C56H94O6. The minimum atomic E-state index is -0.819. The Kier molecular flexibility index (Phi) is 31.1. The third-order valence-electron chi connectivity index (χ3n) is 12.4. The number of aliphatic hydroxyl groups is 2. The first-order chi connectivity index (χ1) is 30.0.